The average molecular weight is 329 g/mol. The predicted octanol–water partition coefficient (Wildman–Crippen LogP) is 2.27. The maximum atomic E-state index is 12.7. The Kier molecular flexibility index (Phi) is 5.70. The minimum absolute atomic E-state index is 0.133. The SMILES string of the molecule is CCOP(=O)(OCC)c1c([N+](=O)[O-])cc(C#N)cc1[N+](=O)[O-]. The van der Waals surface area contributed by atoms with Crippen molar-refractivity contribution in [3.8, 4) is 6.07 Å². The summed E-state index contributed by atoms with van der Waals surface area (Å²) in [4.78, 5) is 20.4. The zero-order chi connectivity index (χ0) is 16.9. The highest BCUT2D eigenvalue weighted by atomic mass is 31.2. The van der Waals surface area contributed by atoms with E-state index in [2.05, 4.69) is 0 Å². The summed E-state index contributed by atoms with van der Waals surface area (Å²) >= 11 is 0. The number of nitro groups is 2. The van der Waals surface area contributed by atoms with Crippen LogP contribution in [-0.2, 0) is 13.6 Å². The first-order valence-corrected chi connectivity index (χ1v) is 7.61. The van der Waals surface area contributed by atoms with Crippen LogP contribution < -0.4 is 5.30 Å². The van der Waals surface area contributed by atoms with Crippen molar-refractivity contribution in [3.05, 3.63) is 37.9 Å². The van der Waals surface area contributed by atoms with Gasteiger partial charge in [-0.3, -0.25) is 24.8 Å². The average Bonchev–Trinajstić information content (AvgIpc) is 2.46. The van der Waals surface area contributed by atoms with Crippen LogP contribution in [0.2, 0.25) is 0 Å². The second-order valence-corrected chi connectivity index (χ2v) is 5.78. The minimum Gasteiger partial charge on any atom is -0.305 e. The molecule has 0 heterocycles. The zero-order valence-corrected chi connectivity index (χ0v) is 12.6. The number of benzene rings is 1. The van der Waals surface area contributed by atoms with Crippen LogP contribution in [0.4, 0.5) is 11.4 Å². The van der Waals surface area contributed by atoms with E-state index in [4.69, 9.17) is 14.3 Å². The fourth-order valence-corrected chi connectivity index (χ4v) is 3.60. The van der Waals surface area contributed by atoms with Crippen molar-refractivity contribution in [1.29, 1.82) is 5.26 Å². The van der Waals surface area contributed by atoms with Crippen LogP contribution in [0, 0.1) is 31.6 Å². The molecule has 0 radical (unpaired) electrons. The van der Waals surface area contributed by atoms with Gasteiger partial charge in [-0.1, -0.05) is 0 Å². The Morgan fingerprint density at radius 3 is 1.82 bits per heavy atom. The number of nitro benzene ring substituents is 2. The van der Waals surface area contributed by atoms with Gasteiger partial charge in [0.25, 0.3) is 11.4 Å². The number of hydrogen-bond acceptors (Lipinski definition) is 8. The molecular weight excluding hydrogens is 317 g/mol. The lowest BCUT2D eigenvalue weighted by Crippen LogP contribution is -2.19. The van der Waals surface area contributed by atoms with E-state index in [1.807, 2.05) is 0 Å². The Labute approximate surface area is 125 Å². The van der Waals surface area contributed by atoms with Gasteiger partial charge in [-0.15, -0.1) is 0 Å². The quantitative estimate of drug-likeness (QED) is 0.420. The highest BCUT2D eigenvalue weighted by Crippen LogP contribution is 2.51. The third-order valence-electron chi connectivity index (χ3n) is 2.46. The number of hydrogen-bond donors (Lipinski definition) is 0. The van der Waals surface area contributed by atoms with Crippen LogP contribution in [0.1, 0.15) is 19.4 Å². The molecule has 22 heavy (non-hydrogen) atoms. The molecule has 0 N–H and O–H groups in total. The Hall–Kier alpha value is -2.34. The number of rotatable bonds is 7. The molecule has 0 fully saturated rings. The van der Waals surface area contributed by atoms with E-state index in [1.165, 1.54) is 13.8 Å². The molecule has 0 atom stereocenters. The largest absolute Gasteiger partial charge is 0.375 e. The van der Waals surface area contributed by atoms with Crippen LogP contribution in [0.5, 0.6) is 0 Å². The van der Waals surface area contributed by atoms with Crippen molar-refractivity contribution in [2.45, 2.75) is 13.8 Å². The third kappa shape index (κ3) is 3.46. The van der Waals surface area contributed by atoms with Crippen molar-refractivity contribution in [1.82, 2.24) is 0 Å². The maximum Gasteiger partial charge on any atom is 0.375 e. The summed E-state index contributed by atoms with van der Waals surface area (Å²) in [6.07, 6.45) is 0. The van der Waals surface area contributed by atoms with E-state index in [-0.39, 0.29) is 18.8 Å². The lowest BCUT2D eigenvalue weighted by Gasteiger charge is -2.17. The van der Waals surface area contributed by atoms with Crippen molar-refractivity contribution in [3.63, 3.8) is 0 Å². The molecule has 0 saturated heterocycles. The fraction of sp³-hybridized carbons (Fsp3) is 0.364. The fourth-order valence-electron chi connectivity index (χ4n) is 1.73. The van der Waals surface area contributed by atoms with Gasteiger partial charge in [0, 0.05) is 12.1 Å². The molecule has 1 aromatic carbocycles. The topological polar surface area (TPSA) is 146 Å². The van der Waals surface area contributed by atoms with Gasteiger partial charge in [0.1, 0.15) is 0 Å². The molecule has 11 heteroatoms. The Bertz CT molecular complexity index is 652. The van der Waals surface area contributed by atoms with E-state index in [0.717, 1.165) is 12.1 Å². The summed E-state index contributed by atoms with van der Waals surface area (Å²) in [5.74, 6) is 0. The smallest absolute Gasteiger partial charge is 0.305 e. The lowest BCUT2D eigenvalue weighted by molar-refractivity contribution is -0.391. The van der Waals surface area contributed by atoms with Crippen LogP contribution in [0.3, 0.4) is 0 Å². The number of nitriles is 1. The van der Waals surface area contributed by atoms with Gasteiger partial charge in [0.15, 0.2) is 0 Å². The highest BCUT2D eigenvalue weighted by molar-refractivity contribution is 7.62. The standard InChI is InChI=1S/C11H12N3O7P/c1-3-20-22(19,21-4-2)11-9(13(15)16)5-8(7-12)6-10(11)14(17)18/h5-6H,3-4H2,1-2H3. The molecule has 118 valence electrons. The van der Waals surface area contributed by atoms with Gasteiger partial charge in [0.2, 0.25) is 5.30 Å². The molecule has 0 aliphatic heterocycles. The van der Waals surface area contributed by atoms with E-state index in [1.54, 1.807) is 6.07 Å². The van der Waals surface area contributed by atoms with E-state index in [9.17, 15) is 24.8 Å². The van der Waals surface area contributed by atoms with Crippen molar-refractivity contribution in [2.75, 3.05) is 13.2 Å². The van der Waals surface area contributed by atoms with E-state index < -0.39 is 34.1 Å². The molecule has 0 aromatic heterocycles. The molecule has 0 unspecified atom stereocenters. The summed E-state index contributed by atoms with van der Waals surface area (Å²) in [5, 5.41) is 30.4. The first-order valence-electron chi connectivity index (χ1n) is 6.07. The highest BCUT2D eigenvalue weighted by Gasteiger charge is 2.43. The molecule has 0 saturated carbocycles. The summed E-state index contributed by atoms with van der Waals surface area (Å²) in [6.45, 7) is 2.66. The second kappa shape index (κ2) is 7.09. The molecule has 0 aliphatic rings. The first kappa shape index (κ1) is 17.7. The van der Waals surface area contributed by atoms with E-state index in [0.29, 0.717) is 0 Å². The zero-order valence-electron chi connectivity index (χ0n) is 11.7. The third-order valence-corrected chi connectivity index (χ3v) is 4.67. The van der Waals surface area contributed by atoms with Gasteiger partial charge in [-0.05, 0) is 13.8 Å². The Morgan fingerprint density at radius 1 is 1.14 bits per heavy atom. The Balaban J connectivity index is 3.83. The van der Waals surface area contributed by atoms with Crippen LogP contribution >= 0.6 is 7.60 Å². The van der Waals surface area contributed by atoms with Crippen molar-refractivity contribution < 1.29 is 23.5 Å². The van der Waals surface area contributed by atoms with Gasteiger partial charge in [-0.2, -0.15) is 5.26 Å². The van der Waals surface area contributed by atoms with Crippen LogP contribution in [0.15, 0.2) is 12.1 Å². The summed E-state index contributed by atoms with van der Waals surface area (Å²) in [7, 11) is -4.28. The normalized spacial score (nSPS) is 11.0. The van der Waals surface area contributed by atoms with Gasteiger partial charge in [-0.25, -0.2) is 0 Å². The van der Waals surface area contributed by atoms with Crippen molar-refractivity contribution in [2.24, 2.45) is 0 Å². The second-order valence-electron chi connectivity index (χ2n) is 3.82. The van der Waals surface area contributed by atoms with E-state index >= 15 is 0 Å². The molecule has 1 rings (SSSR count). The van der Waals surface area contributed by atoms with Gasteiger partial charge < -0.3 is 9.05 Å². The molecular formula is C11H12N3O7P. The summed E-state index contributed by atoms with van der Waals surface area (Å²) in [6, 6.07) is 3.18. The molecule has 1 aromatic rings. The summed E-state index contributed by atoms with van der Waals surface area (Å²) < 4.78 is 22.6. The minimum atomic E-state index is -4.28. The van der Waals surface area contributed by atoms with Crippen molar-refractivity contribution >= 4 is 24.3 Å². The lowest BCUT2D eigenvalue weighted by atomic mass is 10.2. The predicted molar refractivity (Wildman–Crippen MR) is 75.0 cm³/mol. The molecule has 0 aliphatic carbocycles. The molecule has 0 bridgehead atoms. The molecule has 10 nitrogen and oxygen atoms in total. The number of nitrogens with zero attached hydrogens (tertiary/aromatic N) is 3. The monoisotopic (exact) mass is 329 g/mol. The maximum absolute atomic E-state index is 12.7. The first-order chi connectivity index (χ1) is 10.3. The van der Waals surface area contributed by atoms with Crippen LogP contribution in [-0.4, -0.2) is 23.1 Å². The van der Waals surface area contributed by atoms with Crippen LogP contribution in [0.25, 0.3) is 0 Å². The van der Waals surface area contributed by atoms with Gasteiger partial charge in [0.05, 0.1) is 34.7 Å². The Morgan fingerprint density at radius 2 is 1.55 bits per heavy atom. The molecule has 0 amide bonds. The van der Waals surface area contributed by atoms with Gasteiger partial charge >= 0.3 is 7.60 Å². The molecule has 0 spiro atoms. The summed E-state index contributed by atoms with van der Waals surface area (Å²) in [5.41, 5.74) is -2.01.